The first kappa shape index (κ1) is 15.8. The van der Waals surface area contributed by atoms with Gasteiger partial charge in [0.1, 0.15) is 0 Å². The average Bonchev–Trinajstić information content (AvgIpc) is 2.27. The second-order valence-electron chi connectivity index (χ2n) is 3.72. The van der Waals surface area contributed by atoms with Crippen LogP contribution in [0.25, 0.3) is 0 Å². The van der Waals surface area contributed by atoms with Gasteiger partial charge in [-0.25, -0.2) is 0 Å². The van der Waals surface area contributed by atoms with Gasteiger partial charge in [0.15, 0.2) is 0 Å². The van der Waals surface area contributed by atoms with Crippen LogP contribution in [-0.4, -0.2) is 17.7 Å². The fourth-order valence-corrected chi connectivity index (χ4v) is 1.90. The largest absolute Gasteiger partial charge is 0.466 e. The molecule has 106 valence electrons. The molecule has 1 aromatic rings. The van der Waals surface area contributed by atoms with Gasteiger partial charge in [0.2, 0.25) is 0 Å². The van der Waals surface area contributed by atoms with Crippen molar-refractivity contribution >= 4 is 17.6 Å². The number of hydrogen-bond donors (Lipinski definition) is 1. The van der Waals surface area contributed by atoms with Gasteiger partial charge in [-0.2, -0.15) is 13.2 Å². The zero-order valence-electron chi connectivity index (χ0n) is 10.00. The van der Waals surface area contributed by atoms with Crippen LogP contribution in [-0.2, 0) is 15.7 Å². The Morgan fingerprint density at radius 1 is 1.47 bits per heavy atom. The van der Waals surface area contributed by atoms with Crippen molar-refractivity contribution in [2.75, 3.05) is 6.61 Å². The molecule has 3 nitrogen and oxygen atoms in total. The number of benzene rings is 1. The molecule has 0 aliphatic heterocycles. The summed E-state index contributed by atoms with van der Waals surface area (Å²) < 4.78 is 42.9. The van der Waals surface area contributed by atoms with E-state index < -0.39 is 35.8 Å². The standard InChI is InChI=1S/C12H12ClF3O3/c1-2-19-10(18)6-9(17)11-7(12(14,15)16)4-3-5-8(11)13/h3-5,9,17H,2,6H2,1H3. The number of aliphatic hydroxyl groups excluding tert-OH is 1. The predicted octanol–water partition coefficient (Wildman–Crippen LogP) is 3.35. The van der Waals surface area contributed by atoms with E-state index in [0.29, 0.717) is 0 Å². The molecule has 0 saturated carbocycles. The molecular formula is C12H12ClF3O3. The number of esters is 1. The molecule has 0 aromatic heterocycles. The van der Waals surface area contributed by atoms with Crippen LogP contribution in [0.15, 0.2) is 18.2 Å². The molecule has 0 aliphatic rings. The summed E-state index contributed by atoms with van der Waals surface area (Å²) in [6.45, 7) is 1.64. The molecule has 1 N–H and O–H groups in total. The number of carbonyl (C=O) groups excluding carboxylic acids is 1. The third-order valence-electron chi connectivity index (χ3n) is 2.36. The van der Waals surface area contributed by atoms with Crippen molar-refractivity contribution in [1.82, 2.24) is 0 Å². The second kappa shape index (κ2) is 6.25. The van der Waals surface area contributed by atoms with Crippen molar-refractivity contribution in [3.05, 3.63) is 34.3 Å². The second-order valence-corrected chi connectivity index (χ2v) is 4.13. The molecule has 0 radical (unpaired) electrons. The van der Waals surface area contributed by atoms with Gasteiger partial charge in [-0.05, 0) is 19.1 Å². The summed E-state index contributed by atoms with van der Waals surface area (Å²) in [5.74, 6) is -0.789. The van der Waals surface area contributed by atoms with E-state index in [1.54, 1.807) is 6.92 Å². The first-order valence-corrected chi connectivity index (χ1v) is 5.84. The Bertz CT molecular complexity index is 460. The van der Waals surface area contributed by atoms with E-state index in [-0.39, 0.29) is 11.6 Å². The number of aliphatic hydroxyl groups is 1. The number of hydrogen-bond acceptors (Lipinski definition) is 3. The molecule has 0 saturated heterocycles. The fraction of sp³-hybridized carbons (Fsp3) is 0.417. The van der Waals surface area contributed by atoms with Gasteiger partial charge in [0.05, 0.1) is 24.7 Å². The summed E-state index contributed by atoms with van der Waals surface area (Å²) in [5.41, 5.74) is -1.57. The van der Waals surface area contributed by atoms with Gasteiger partial charge in [-0.3, -0.25) is 4.79 Å². The van der Waals surface area contributed by atoms with Crippen molar-refractivity contribution in [2.24, 2.45) is 0 Å². The van der Waals surface area contributed by atoms with Crippen LogP contribution < -0.4 is 0 Å². The van der Waals surface area contributed by atoms with Crippen LogP contribution in [0, 0.1) is 0 Å². The maximum atomic E-state index is 12.8. The molecule has 0 heterocycles. The van der Waals surface area contributed by atoms with Gasteiger partial charge in [-0.1, -0.05) is 17.7 Å². The molecule has 0 spiro atoms. The van der Waals surface area contributed by atoms with Crippen LogP contribution in [0.4, 0.5) is 13.2 Å². The molecule has 1 atom stereocenters. The highest BCUT2D eigenvalue weighted by Crippen LogP contribution is 2.38. The fourth-order valence-electron chi connectivity index (χ4n) is 1.60. The molecule has 0 fully saturated rings. The number of alkyl halides is 3. The predicted molar refractivity (Wildman–Crippen MR) is 62.7 cm³/mol. The lowest BCUT2D eigenvalue weighted by atomic mass is 9.99. The number of rotatable bonds is 4. The third-order valence-corrected chi connectivity index (χ3v) is 2.69. The van der Waals surface area contributed by atoms with Crippen molar-refractivity contribution in [3.63, 3.8) is 0 Å². The van der Waals surface area contributed by atoms with E-state index in [1.807, 2.05) is 0 Å². The Balaban J connectivity index is 3.08. The summed E-state index contributed by atoms with van der Waals surface area (Å²) >= 11 is 5.68. The average molecular weight is 297 g/mol. The van der Waals surface area contributed by atoms with Gasteiger partial charge >= 0.3 is 12.1 Å². The molecule has 0 aliphatic carbocycles. The molecular weight excluding hydrogens is 285 g/mol. The lowest BCUT2D eigenvalue weighted by molar-refractivity contribution is -0.147. The molecule has 19 heavy (non-hydrogen) atoms. The van der Waals surface area contributed by atoms with Gasteiger partial charge in [0, 0.05) is 10.6 Å². The first-order valence-electron chi connectivity index (χ1n) is 5.46. The Hall–Kier alpha value is -1.27. The summed E-state index contributed by atoms with van der Waals surface area (Å²) in [5, 5.41) is 9.51. The van der Waals surface area contributed by atoms with Crippen molar-refractivity contribution in [1.29, 1.82) is 0 Å². The van der Waals surface area contributed by atoms with Crippen molar-refractivity contribution in [2.45, 2.75) is 25.6 Å². The molecule has 1 aromatic carbocycles. The maximum Gasteiger partial charge on any atom is 0.416 e. The number of carbonyl (C=O) groups is 1. The van der Waals surface area contributed by atoms with Crippen LogP contribution in [0.1, 0.15) is 30.6 Å². The summed E-state index contributed by atoms with van der Waals surface area (Å²) in [6.07, 6.45) is -6.90. The molecule has 7 heteroatoms. The van der Waals surface area contributed by atoms with E-state index in [9.17, 15) is 23.1 Å². The van der Waals surface area contributed by atoms with Crippen LogP contribution in [0.5, 0.6) is 0 Å². The highest BCUT2D eigenvalue weighted by atomic mass is 35.5. The van der Waals surface area contributed by atoms with E-state index in [4.69, 9.17) is 11.6 Å². The summed E-state index contributed by atoms with van der Waals surface area (Å²) in [7, 11) is 0. The third kappa shape index (κ3) is 4.11. The molecule has 1 rings (SSSR count). The zero-order chi connectivity index (χ0) is 14.6. The monoisotopic (exact) mass is 296 g/mol. The number of halogens is 4. The normalized spacial score (nSPS) is 13.2. The van der Waals surface area contributed by atoms with E-state index in [2.05, 4.69) is 4.74 Å². The summed E-state index contributed by atoms with van der Waals surface area (Å²) in [4.78, 5) is 11.2. The summed E-state index contributed by atoms with van der Waals surface area (Å²) in [6, 6.07) is 3.15. The topological polar surface area (TPSA) is 46.5 Å². The Morgan fingerprint density at radius 2 is 2.11 bits per heavy atom. The van der Waals surface area contributed by atoms with Gasteiger partial charge < -0.3 is 9.84 Å². The Kier molecular flexibility index (Phi) is 5.20. The quantitative estimate of drug-likeness (QED) is 0.867. The highest BCUT2D eigenvalue weighted by Gasteiger charge is 2.36. The lowest BCUT2D eigenvalue weighted by Gasteiger charge is -2.18. The Morgan fingerprint density at radius 3 is 2.63 bits per heavy atom. The maximum absolute atomic E-state index is 12.8. The lowest BCUT2D eigenvalue weighted by Crippen LogP contribution is -2.16. The van der Waals surface area contributed by atoms with Crippen molar-refractivity contribution in [3.8, 4) is 0 Å². The van der Waals surface area contributed by atoms with E-state index in [0.717, 1.165) is 12.1 Å². The smallest absolute Gasteiger partial charge is 0.416 e. The number of ether oxygens (including phenoxy) is 1. The highest BCUT2D eigenvalue weighted by molar-refractivity contribution is 6.31. The molecule has 1 unspecified atom stereocenters. The minimum absolute atomic E-state index is 0.0835. The Labute approximate surface area is 112 Å². The molecule has 0 amide bonds. The van der Waals surface area contributed by atoms with E-state index >= 15 is 0 Å². The van der Waals surface area contributed by atoms with Crippen LogP contribution in [0.3, 0.4) is 0 Å². The van der Waals surface area contributed by atoms with Gasteiger partial charge in [0.25, 0.3) is 0 Å². The first-order chi connectivity index (χ1) is 8.77. The van der Waals surface area contributed by atoms with Crippen LogP contribution >= 0.6 is 11.6 Å². The van der Waals surface area contributed by atoms with E-state index in [1.165, 1.54) is 6.07 Å². The minimum Gasteiger partial charge on any atom is -0.466 e. The SMILES string of the molecule is CCOC(=O)CC(O)c1c(Cl)cccc1C(F)(F)F. The minimum atomic E-state index is -4.66. The van der Waals surface area contributed by atoms with Crippen LogP contribution in [0.2, 0.25) is 5.02 Å². The molecule has 0 bridgehead atoms. The zero-order valence-corrected chi connectivity index (χ0v) is 10.8. The van der Waals surface area contributed by atoms with Crippen molar-refractivity contribution < 1.29 is 27.8 Å². The van der Waals surface area contributed by atoms with Gasteiger partial charge in [-0.15, -0.1) is 0 Å².